The van der Waals surface area contributed by atoms with Crippen molar-refractivity contribution in [2.75, 3.05) is 6.54 Å². The summed E-state index contributed by atoms with van der Waals surface area (Å²) in [5.41, 5.74) is 0. The summed E-state index contributed by atoms with van der Waals surface area (Å²) in [6.45, 7) is -0.0492. The molecule has 0 N–H and O–H groups in total. The van der Waals surface area contributed by atoms with Crippen LogP contribution in [0.5, 0.6) is 0 Å². The number of rotatable bonds is 3. The van der Waals surface area contributed by atoms with E-state index in [-0.39, 0.29) is 48.5 Å². The molecule has 0 aromatic heterocycles. The van der Waals surface area contributed by atoms with Gasteiger partial charge in [-0.3, -0.25) is 14.5 Å². The van der Waals surface area contributed by atoms with Gasteiger partial charge in [-0.25, -0.2) is 0 Å². The van der Waals surface area contributed by atoms with Crippen LogP contribution in [0.3, 0.4) is 0 Å². The third kappa shape index (κ3) is 1.34. The molecule has 4 atom stereocenters. The van der Waals surface area contributed by atoms with Crippen molar-refractivity contribution in [3.63, 3.8) is 0 Å². The van der Waals surface area contributed by atoms with Crippen LogP contribution in [0.4, 0.5) is 0 Å². The maximum Gasteiger partial charge on any atom is 0.233 e. The number of carbonyl (C=O) groups is 3. The van der Waals surface area contributed by atoms with Gasteiger partial charge in [0.25, 0.3) is 0 Å². The second-order valence-corrected chi connectivity index (χ2v) is 4.95. The van der Waals surface area contributed by atoms with Gasteiger partial charge in [0.15, 0.2) is 0 Å². The molecule has 1 aliphatic heterocycles. The van der Waals surface area contributed by atoms with Crippen LogP contribution in [0.2, 0.25) is 0 Å². The average molecular weight is 234 g/mol. The summed E-state index contributed by atoms with van der Waals surface area (Å²) >= 11 is 0. The van der Waals surface area contributed by atoms with E-state index in [0.717, 1.165) is 11.3 Å². The molecule has 3 aliphatic rings. The first-order valence-corrected chi connectivity index (χ1v) is 5.83. The molecule has 0 spiro atoms. The summed E-state index contributed by atoms with van der Waals surface area (Å²) in [7, 11) is 0. The number of imide groups is 1. The van der Waals surface area contributed by atoms with E-state index in [1.165, 1.54) is 0 Å². The van der Waals surface area contributed by atoms with Crippen LogP contribution in [0, 0.1) is 23.7 Å². The fourth-order valence-corrected chi connectivity index (χ4v) is 3.39. The third-order valence-corrected chi connectivity index (χ3v) is 4.10. The molecule has 5 heteroatoms. The van der Waals surface area contributed by atoms with Gasteiger partial charge >= 0.3 is 0 Å². The van der Waals surface area contributed by atoms with Crippen molar-refractivity contribution in [2.45, 2.75) is 12.8 Å². The van der Waals surface area contributed by atoms with E-state index in [4.69, 9.17) is 0 Å². The molecule has 2 aliphatic carbocycles. The van der Waals surface area contributed by atoms with Crippen molar-refractivity contribution in [3.8, 4) is 0 Å². The monoisotopic (exact) mass is 234 g/mol. The van der Waals surface area contributed by atoms with Gasteiger partial charge in [0.1, 0.15) is 0 Å². The summed E-state index contributed by atoms with van der Waals surface area (Å²) in [5.74, 6) is -1.75. The van der Waals surface area contributed by atoms with E-state index < -0.39 is 5.97 Å². The van der Waals surface area contributed by atoms with Gasteiger partial charge in [-0.05, 0) is 18.3 Å². The summed E-state index contributed by atoms with van der Waals surface area (Å²) in [5, 5.41) is 10.4. The summed E-state index contributed by atoms with van der Waals surface area (Å²) in [6.07, 6.45) is 4.64. The quantitative estimate of drug-likeness (QED) is 0.460. The number of likely N-dealkylation sites (tertiary alicyclic amines) is 1. The Morgan fingerprint density at radius 3 is 2.24 bits per heavy atom. The molecule has 0 radical (unpaired) electrons. The minimum atomic E-state index is -1.23. The van der Waals surface area contributed by atoms with Gasteiger partial charge in [-0.2, -0.15) is 0 Å². The number of hydrogen-bond donors (Lipinski definition) is 0. The summed E-state index contributed by atoms with van der Waals surface area (Å²) in [6, 6.07) is 0. The molecule has 1 heterocycles. The topological polar surface area (TPSA) is 77.5 Å². The lowest BCUT2D eigenvalue weighted by atomic mass is 9.85. The molecule has 3 rings (SSSR count). The van der Waals surface area contributed by atoms with E-state index >= 15 is 0 Å². The highest BCUT2D eigenvalue weighted by molar-refractivity contribution is 6.06. The smallest absolute Gasteiger partial charge is 0.233 e. The molecular weight excluding hydrogens is 222 g/mol. The SMILES string of the molecule is O=C([O-])CCN1C(=O)[C@H]2[C@H](C1=O)[C@H]1C=C[C@@H]2C1. The zero-order valence-corrected chi connectivity index (χ0v) is 9.17. The van der Waals surface area contributed by atoms with Crippen LogP contribution in [-0.2, 0) is 14.4 Å². The first-order valence-electron chi connectivity index (χ1n) is 5.83. The van der Waals surface area contributed by atoms with Gasteiger partial charge in [0.2, 0.25) is 11.8 Å². The third-order valence-electron chi connectivity index (χ3n) is 4.10. The Hall–Kier alpha value is -1.65. The molecule has 0 aromatic carbocycles. The van der Waals surface area contributed by atoms with E-state index in [2.05, 4.69) is 0 Å². The lowest BCUT2D eigenvalue weighted by molar-refractivity contribution is -0.305. The predicted molar refractivity (Wildman–Crippen MR) is 54.1 cm³/mol. The second-order valence-electron chi connectivity index (χ2n) is 4.95. The molecule has 0 aromatic rings. The maximum absolute atomic E-state index is 12.1. The first kappa shape index (κ1) is 10.5. The number of hydrogen-bond acceptors (Lipinski definition) is 4. The predicted octanol–water partition coefficient (Wildman–Crippen LogP) is -1.07. The van der Waals surface area contributed by atoms with Crippen LogP contribution < -0.4 is 5.11 Å². The van der Waals surface area contributed by atoms with Gasteiger partial charge in [-0.15, -0.1) is 0 Å². The molecule has 2 bridgehead atoms. The fraction of sp³-hybridized carbons (Fsp3) is 0.583. The zero-order valence-electron chi connectivity index (χ0n) is 9.17. The lowest BCUT2D eigenvalue weighted by Gasteiger charge is -2.17. The summed E-state index contributed by atoms with van der Waals surface area (Å²) < 4.78 is 0. The molecule has 1 saturated carbocycles. The van der Waals surface area contributed by atoms with Crippen LogP contribution >= 0.6 is 0 Å². The molecular formula is C12H12NO4-. The van der Waals surface area contributed by atoms with E-state index in [1.807, 2.05) is 12.2 Å². The highest BCUT2D eigenvalue weighted by Gasteiger charge is 2.58. The van der Waals surface area contributed by atoms with Crippen molar-refractivity contribution >= 4 is 17.8 Å². The van der Waals surface area contributed by atoms with E-state index in [9.17, 15) is 19.5 Å². The number of allylic oxidation sites excluding steroid dienone is 2. The first-order chi connectivity index (χ1) is 8.09. The fourth-order valence-electron chi connectivity index (χ4n) is 3.39. The maximum atomic E-state index is 12.1. The Kier molecular flexibility index (Phi) is 2.11. The molecule has 2 fully saturated rings. The number of fused-ring (bicyclic) bond motifs is 5. The highest BCUT2D eigenvalue weighted by atomic mass is 16.4. The Labute approximate surface area is 98.1 Å². The van der Waals surface area contributed by atoms with Crippen LogP contribution in [0.15, 0.2) is 12.2 Å². The van der Waals surface area contributed by atoms with Crippen LogP contribution in [0.1, 0.15) is 12.8 Å². The van der Waals surface area contributed by atoms with E-state index in [0.29, 0.717) is 0 Å². The Morgan fingerprint density at radius 2 is 1.76 bits per heavy atom. The molecule has 90 valence electrons. The van der Waals surface area contributed by atoms with Crippen molar-refractivity contribution in [2.24, 2.45) is 23.7 Å². The van der Waals surface area contributed by atoms with Gasteiger partial charge in [0.05, 0.1) is 11.8 Å². The molecule has 5 nitrogen and oxygen atoms in total. The second kappa shape index (κ2) is 3.42. The number of nitrogens with zero attached hydrogens (tertiary/aromatic N) is 1. The Morgan fingerprint density at radius 1 is 1.24 bits per heavy atom. The number of amides is 2. The van der Waals surface area contributed by atoms with Crippen LogP contribution in [-0.4, -0.2) is 29.2 Å². The van der Waals surface area contributed by atoms with Gasteiger partial charge in [0, 0.05) is 18.9 Å². The molecule has 2 amide bonds. The number of carbonyl (C=O) groups excluding carboxylic acids is 3. The van der Waals surface area contributed by atoms with Crippen molar-refractivity contribution in [3.05, 3.63) is 12.2 Å². The van der Waals surface area contributed by atoms with Gasteiger partial charge < -0.3 is 9.90 Å². The highest BCUT2D eigenvalue weighted by Crippen LogP contribution is 2.52. The standard InChI is InChI=1S/C12H13NO4/c14-8(15)3-4-13-11(16)9-6-1-2-7(5-6)10(9)12(13)17/h1-2,6-7,9-10H,3-5H2,(H,14,15)/p-1/t6-,7+,9-,10-/m1/s1. The normalized spacial score (nSPS) is 38.0. The zero-order chi connectivity index (χ0) is 12.2. The average Bonchev–Trinajstić information content (AvgIpc) is 2.92. The molecule has 1 saturated heterocycles. The molecule has 0 unspecified atom stereocenters. The molecule has 17 heavy (non-hydrogen) atoms. The van der Waals surface area contributed by atoms with Crippen molar-refractivity contribution < 1.29 is 19.5 Å². The minimum absolute atomic E-state index is 0.0492. The van der Waals surface area contributed by atoms with E-state index in [1.54, 1.807) is 0 Å². The van der Waals surface area contributed by atoms with Crippen LogP contribution in [0.25, 0.3) is 0 Å². The van der Waals surface area contributed by atoms with Crippen molar-refractivity contribution in [1.29, 1.82) is 0 Å². The Balaban J connectivity index is 1.80. The van der Waals surface area contributed by atoms with Gasteiger partial charge in [-0.1, -0.05) is 12.2 Å². The number of carboxylic acids is 1. The number of aliphatic carboxylic acids is 1. The summed E-state index contributed by atoms with van der Waals surface area (Å²) in [4.78, 5) is 35.6. The minimum Gasteiger partial charge on any atom is -0.550 e. The van der Waals surface area contributed by atoms with Crippen molar-refractivity contribution in [1.82, 2.24) is 4.90 Å². The largest absolute Gasteiger partial charge is 0.550 e. The Bertz CT molecular complexity index is 412. The lowest BCUT2D eigenvalue weighted by Crippen LogP contribution is -2.37. The number of carboxylic acid groups (broad SMARTS) is 1.